The Morgan fingerprint density at radius 1 is 1.35 bits per heavy atom. The van der Waals surface area contributed by atoms with Gasteiger partial charge in [-0.3, -0.25) is 4.79 Å². The number of nitrogens with two attached hydrogens (primary N) is 1. The van der Waals surface area contributed by atoms with Gasteiger partial charge in [-0.25, -0.2) is 0 Å². The maximum absolute atomic E-state index is 11.7. The van der Waals surface area contributed by atoms with E-state index >= 15 is 0 Å². The van der Waals surface area contributed by atoms with Gasteiger partial charge < -0.3 is 15.5 Å². The van der Waals surface area contributed by atoms with E-state index < -0.39 is 0 Å². The molecule has 0 radical (unpaired) electrons. The molecule has 88 valence electrons. The number of benzene rings is 1. The van der Waals surface area contributed by atoms with Crippen molar-refractivity contribution in [1.82, 2.24) is 0 Å². The minimum Gasteiger partial charge on any atom is -0.436 e. The molecule has 0 aliphatic carbocycles. The molecule has 0 saturated heterocycles. The summed E-state index contributed by atoms with van der Waals surface area (Å²) < 4.78 is 5.00. The molecule has 2 rings (SSSR count). The number of halogens is 1. The molecule has 0 fully saturated rings. The van der Waals surface area contributed by atoms with Gasteiger partial charge in [0.25, 0.3) is 5.91 Å². The summed E-state index contributed by atoms with van der Waals surface area (Å²) >= 11 is 5.95. The molecule has 0 spiro atoms. The van der Waals surface area contributed by atoms with Gasteiger partial charge in [-0.15, -0.1) is 0 Å². The van der Waals surface area contributed by atoms with Crippen molar-refractivity contribution in [3.05, 3.63) is 46.7 Å². The minimum atomic E-state index is -0.360. The van der Waals surface area contributed by atoms with E-state index in [4.69, 9.17) is 21.8 Å². The van der Waals surface area contributed by atoms with Crippen molar-refractivity contribution < 1.29 is 9.21 Å². The van der Waals surface area contributed by atoms with Crippen LogP contribution in [0.3, 0.4) is 0 Å². The highest BCUT2D eigenvalue weighted by Crippen LogP contribution is 2.20. The molecule has 2 aromatic rings. The van der Waals surface area contributed by atoms with Gasteiger partial charge >= 0.3 is 0 Å². The van der Waals surface area contributed by atoms with E-state index in [9.17, 15) is 4.79 Å². The van der Waals surface area contributed by atoms with Gasteiger partial charge in [0.15, 0.2) is 11.6 Å². The van der Waals surface area contributed by atoms with Crippen LogP contribution >= 0.6 is 11.6 Å². The van der Waals surface area contributed by atoms with Gasteiger partial charge in [-0.2, -0.15) is 0 Å². The number of carbonyl (C=O) groups excluding carboxylic acids is 1. The highest BCUT2D eigenvalue weighted by Gasteiger charge is 2.10. The van der Waals surface area contributed by atoms with Gasteiger partial charge in [-0.05, 0) is 30.7 Å². The second-order valence-electron chi connectivity index (χ2n) is 3.62. The molecule has 0 unspecified atom stereocenters. The van der Waals surface area contributed by atoms with Crippen LogP contribution in [0.2, 0.25) is 5.02 Å². The molecule has 1 heterocycles. The number of aryl methyl sites for hydroxylation is 1. The quantitative estimate of drug-likeness (QED) is 0.861. The molecular formula is C12H11ClN2O2. The zero-order valence-electron chi connectivity index (χ0n) is 9.16. The lowest BCUT2D eigenvalue weighted by atomic mass is 10.2. The molecule has 17 heavy (non-hydrogen) atoms. The van der Waals surface area contributed by atoms with Crippen LogP contribution in [-0.2, 0) is 0 Å². The van der Waals surface area contributed by atoms with Gasteiger partial charge in [0.1, 0.15) is 0 Å². The van der Waals surface area contributed by atoms with Crippen molar-refractivity contribution in [3.63, 3.8) is 0 Å². The number of rotatable bonds is 2. The average Bonchev–Trinajstić information content (AvgIpc) is 2.70. The van der Waals surface area contributed by atoms with Gasteiger partial charge in [0, 0.05) is 16.8 Å². The Bertz CT molecular complexity index is 563. The number of carbonyl (C=O) groups is 1. The van der Waals surface area contributed by atoms with Crippen molar-refractivity contribution in [2.24, 2.45) is 0 Å². The standard InChI is InChI=1S/C12H11ClN2O2/c1-7-2-3-8(6-9(7)13)15-12(16)10-4-5-11(14)17-10/h2-6H,14H2,1H3,(H,15,16). The zero-order valence-corrected chi connectivity index (χ0v) is 9.91. The topological polar surface area (TPSA) is 68.3 Å². The number of anilines is 2. The molecule has 1 aromatic carbocycles. The summed E-state index contributed by atoms with van der Waals surface area (Å²) in [6, 6.07) is 8.32. The largest absolute Gasteiger partial charge is 0.436 e. The van der Waals surface area contributed by atoms with Crippen molar-refractivity contribution in [3.8, 4) is 0 Å². The first-order chi connectivity index (χ1) is 8.06. The van der Waals surface area contributed by atoms with Crippen LogP contribution in [0.1, 0.15) is 16.1 Å². The van der Waals surface area contributed by atoms with Crippen molar-refractivity contribution in [2.45, 2.75) is 6.92 Å². The van der Waals surface area contributed by atoms with E-state index in [0.717, 1.165) is 5.56 Å². The molecule has 0 atom stereocenters. The summed E-state index contributed by atoms with van der Waals surface area (Å²) in [6.07, 6.45) is 0. The Hall–Kier alpha value is -1.94. The van der Waals surface area contributed by atoms with Gasteiger partial charge in [-0.1, -0.05) is 17.7 Å². The highest BCUT2D eigenvalue weighted by molar-refractivity contribution is 6.31. The Labute approximate surface area is 103 Å². The van der Waals surface area contributed by atoms with Crippen LogP contribution in [0, 0.1) is 6.92 Å². The average molecular weight is 251 g/mol. The second kappa shape index (κ2) is 4.51. The maximum Gasteiger partial charge on any atom is 0.291 e. The second-order valence-corrected chi connectivity index (χ2v) is 4.03. The Morgan fingerprint density at radius 3 is 2.71 bits per heavy atom. The minimum absolute atomic E-state index is 0.166. The molecule has 1 amide bonds. The van der Waals surface area contributed by atoms with E-state index in [-0.39, 0.29) is 17.6 Å². The number of nitrogens with one attached hydrogen (secondary N) is 1. The van der Waals surface area contributed by atoms with E-state index in [0.29, 0.717) is 10.7 Å². The first-order valence-corrected chi connectivity index (χ1v) is 5.37. The summed E-state index contributed by atoms with van der Waals surface area (Å²) in [5, 5.41) is 3.27. The van der Waals surface area contributed by atoms with Crippen LogP contribution in [0.5, 0.6) is 0 Å². The predicted molar refractivity (Wildman–Crippen MR) is 67.3 cm³/mol. The number of hydrogen-bond acceptors (Lipinski definition) is 3. The number of furan rings is 1. The Balaban J connectivity index is 2.15. The fraction of sp³-hybridized carbons (Fsp3) is 0.0833. The lowest BCUT2D eigenvalue weighted by Gasteiger charge is -2.05. The molecule has 1 aromatic heterocycles. The molecule has 4 nitrogen and oxygen atoms in total. The van der Waals surface area contributed by atoms with Crippen molar-refractivity contribution >= 4 is 29.1 Å². The molecule has 0 aliphatic heterocycles. The summed E-state index contributed by atoms with van der Waals surface area (Å²) in [6.45, 7) is 1.89. The lowest BCUT2D eigenvalue weighted by Crippen LogP contribution is -2.10. The number of nitrogen functional groups attached to an aromatic ring is 1. The fourth-order valence-electron chi connectivity index (χ4n) is 1.34. The number of amides is 1. The summed E-state index contributed by atoms with van der Waals surface area (Å²) in [5.74, 6) is 0.0119. The van der Waals surface area contributed by atoms with E-state index in [1.54, 1.807) is 12.1 Å². The van der Waals surface area contributed by atoms with Crippen molar-refractivity contribution in [1.29, 1.82) is 0 Å². The van der Waals surface area contributed by atoms with Gasteiger partial charge in [0.2, 0.25) is 0 Å². The van der Waals surface area contributed by atoms with E-state index in [1.165, 1.54) is 12.1 Å². The summed E-state index contributed by atoms with van der Waals surface area (Å²) in [4.78, 5) is 11.7. The summed E-state index contributed by atoms with van der Waals surface area (Å²) in [5.41, 5.74) is 6.95. The highest BCUT2D eigenvalue weighted by atomic mass is 35.5. The van der Waals surface area contributed by atoms with Crippen LogP contribution < -0.4 is 11.1 Å². The summed E-state index contributed by atoms with van der Waals surface area (Å²) in [7, 11) is 0. The van der Waals surface area contributed by atoms with Crippen LogP contribution in [0.25, 0.3) is 0 Å². The molecule has 0 bridgehead atoms. The molecule has 3 N–H and O–H groups in total. The van der Waals surface area contributed by atoms with E-state index in [1.807, 2.05) is 13.0 Å². The van der Waals surface area contributed by atoms with Crippen LogP contribution in [0.4, 0.5) is 11.6 Å². The first-order valence-electron chi connectivity index (χ1n) is 4.99. The molecule has 0 aliphatic rings. The Morgan fingerprint density at radius 2 is 2.12 bits per heavy atom. The molecule has 5 heteroatoms. The monoisotopic (exact) mass is 250 g/mol. The first kappa shape index (κ1) is 11.5. The number of hydrogen-bond donors (Lipinski definition) is 2. The van der Waals surface area contributed by atoms with E-state index in [2.05, 4.69) is 5.32 Å². The third kappa shape index (κ3) is 2.60. The molecular weight excluding hydrogens is 240 g/mol. The third-order valence-electron chi connectivity index (χ3n) is 2.28. The molecule has 0 saturated carbocycles. The lowest BCUT2D eigenvalue weighted by molar-refractivity contribution is 0.0997. The zero-order chi connectivity index (χ0) is 12.4. The van der Waals surface area contributed by atoms with Crippen LogP contribution in [-0.4, -0.2) is 5.91 Å². The van der Waals surface area contributed by atoms with Gasteiger partial charge in [0.05, 0.1) is 0 Å². The third-order valence-corrected chi connectivity index (χ3v) is 2.69. The fourth-order valence-corrected chi connectivity index (χ4v) is 1.52. The SMILES string of the molecule is Cc1ccc(NC(=O)c2ccc(N)o2)cc1Cl. The van der Waals surface area contributed by atoms with Crippen molar-refractivity contribution in [2.75, 3.05) is 11.1 Å². The maximum atomic E-state index is 11.7. The predicted octanol–water partition coefficient (Wildman–Crippen LogP) is 3.08. The smallest absolute Gasteiger partial charge is 0.291 e. The Kier molecular flexibility index (Phi) is 3.06. The normalized spacial score (nSPS) is 10.2. The van der Waals surface area contributed by atoms with Crippen LogP contribution in [0.15, 0.2) is 34.7 Å².